The summed E-state index contributed by atoms with van der Waals surface area (Å²) in [4.78, 5) is 0. The largest absolute Gasteiger partial charge is 0.314 e. The van der Waals surface area contributed by atoms with Gasteiger partial charge in [0.15, 0.2) is 0 Å². The van der Waals surface area contributed by atoms with Gasteiger partial charge in [-0.05, 0) is 87.1 Å². The molecule has 2 N–H and O–H groups in total. The van der Waals surface area contributed by atoms with Crippen molar-refractivity contribution in [3.05, 3.63) is 0 Å². The summed E-state index contributed by atoms with van der Waals surface area (Å²) < 4.78 is 0. The smallest absolute Gasteiger partial charge is 0.00699 e. The number of nitrogens with one attached hydrogen (secondary N) is 2. The van der Waals surface area contributed by atoms with Crippen LogP contribution in [0.1, 0.15) is 180 Å². The Kier molecular flexibility index (Phi) is 14.0. The molecule has 6 aliphatic rings. The zero-order valence-electron chi connectivity index (χ0n) is 26.8. The Morgan fingerprint density at radius 2 is 0.600 bits per heavy atom. The Morgan fingerprint density at radius 3 is 0.850 bits per heavy atom. The molecule has 4 saturated carbocycles. The predicted octanol–water partition coefficient (Wildman–Crippen LogP) is 10.6. The van der Waals surface area contributed by atoms with Crippen molar-refractivity contribution in [2.75, 3.05) is 13.1 Å². The van der Waals surface area contributed by atoms with Crippen LogP contribution in [0.5, 0.6) is 0 Å². The molecular weight excluding hydrogens is 484 g/mol. The second-order valence-electron chi connectivity index (χ2n) is 15.7. The standard InChI is InChI=1S/2C19H35N/c2*1-3-9-16(10-4-1)19(17-11-5-2-6-12-17)15-18-13-7-8-14-20-18/h2*16-20H,1-15H2. The lowest BCUT2D eigenvalue weighted by Crippen LogP contribution is -2.39. The van der Waals surface area contributed by atoms with Crippen LogP contribution in [0.15, 0.2) is 0 Å². The van der Waals surface area contributed by atoms with Gasteiger partial charge in [0.25, 0.3) is 0 Å². The van der Waals surface area contributed by atoms with E-state index in [4.69, 9.17) is 0 Å². The van der Waals surface area contributed by atoms with Gasteiger partial charge in [-0.1, -0.05) is 141 Å². The minimum Gasteiger partial charge on any atom is -0.314 e. The van der Waals surface area contributed by atoms with E-state index >= 15 is 0 Å². The van der Waals surface area contributed by atoms with Crippen LogP contribution >= 0.6 is 0 Å². The van der Waals surface area contributed by atoms with Gasteiger partial charge in [0.2, 0.25) is 0 Å². The third kappa shape index (κ3) is 9.99. The van der Waals surface area contributed by atoms with Gasteiger partial charge < -0.3 is 10.6 Å². The third-order valence-electron chi connectivity index (χ3n) is 13.0. The molecule has 6 rings (SSSR count). The third-order valence-corrected chi connectivity index (χ3v) is 13.0. The molecule has 232 valence electrons. The first-order valence-corrected chi connectivity index (χ1v) is 19.3. The normalized spacial score (nSPS) is 30.8. The summed E-state index contributed by atoms with van der Waals surface area (Å²) in [5.74, 6) is 6.44. The predicted molar refractivity (Wildman–Crippen MR) is 174 cm³/mol. The van der Waals surface area contributed by atoms with E-state index in [1.54, 1.807) is 51.4 Å². The fourth-order valence-corrected chi connectivity index (χ4v) is 10.7. The molecule has 0 spiro atoms. The van der Waals surface area contributed by atoms with Crippen molar-refractivity contribution < 1.29 is 0 Å². The summed E-state index contributed by atoms with van der Waals surface area (Å²) in [7, 11) is 0. The minimum atomic E-state index is 0.859. The molecule has 0 aromatic heterocycles. The van der Waals surface area contributed by atoms with Crippen LogP contribution in [-0.4, -0.2) is 25.2 Å². The van der Waals surface area contributed by atoms with Crippen molar-refractivity contribution in [2.45, 2.75) is 192 Å². The van der Waals surface area contributed by atoms with Gasteiger partial charge >= 0.3 is 0 Å². The lowest BCUT2D eigenvalue weighted by Gasteiger charge is -2.40. The average molecular weight is 555 g/mol. The summed E-state index contributed by atoms with van der Waals surface area (Å²) in [6, 6.07) is 1.72. The van der Waals surface area contributed by atoms with Gasteiger partial charge in [-0.25, -0.2) is 0 Å². The van der Waals surface area contributed by atoms with Crippen LogP contribution in [0.2, 0.25) is 0 Å². The maximum absolute atomic E-state index is 3.83. The molecule has 2 nitrogen and oxygen atoms in total. The lowest BCUT2D eigenvalue weighted by atomic mass is 9.67. The quantitative estimate of drug-likeness (QED) is 0.312. The number of piperidine rings is 2. The van der Waals surface area contributed by atoms with Crippen molar-refractivity contribution in [3.63, 3.8) is 0 Å². The van der Waals surface area contributed by atoms with Gasteiger partial charge in [0.1, 0.15) is 0 Å². The van der Waals surface area contributed by atoms with Crippen molar-refractivity contribution in [1.29, 1.82) is 0 Å². The Morgan fingerprint density at radius 1 is 0.325 bits per heavy atom. The highest BCUT2D eigenvalue weighted by Crippen LogP contribution is 2.44. The minimum absolute atomic E-state index is 0.859. The van der Waals surface area contributed by atoms with Gasteiger partial charge in [-0.15, -0.1) is 0 Å². The van der Waals surface area contributed by atoms with Gasteiger partial charge in [0.05, 0.1) is 0 Å². The summed E-state index contributed by atoms with van der Waals surface area (Å²) in [6.07, 6.45) is 42.3. The highest BCUT2D eigenvalue weighted by molar-refractivity contribution is 4.87. The lowest BCUT2D eigenvalue weighted by molar-refractivity contribution is 0.118. The first-order valence-electron chi connectivity index (χ1n) is 19.3. The molecular formula is C38H70N2. The van der Waals surface area contributed by atoms with E-state index in [-0.39, 0.29) is 0 Å². The van der Waals surface area contributed by atoms with Crippen molar-refractivity contribution in [3.8, 4) is 0 Å². The molecule has 2 atom stereocenters. The molecule has 4 aliphatic carbocycles. The SMILES string of the molecule is C1CCC(C(CC2CCCCN2)C2CCCCC2)CC1.C1CCC(C(CC2CCCCN2)C2CCCCC2)CC1. The highest BCUT2D eigenvalue weighted by atomic mass is 14.9. The molecule has 2 saturated heterocycles. The maximum atomic E-state index is 3.83. The summed E-state index contributed by atoms with van der Waals surface area (Å²) in [6.45, 7) is 2.57. The molecule has 0 aromatic rings. The van der Waals surface area contributed by atoms with Crippen LogP contribution < -0.4 is 10.6 Å². The second-order valence-corrected chi connectivity index (χ2v) is 15.7. The van der Waals surface area contributed by atoms with Crippen LogP contribution in [0, 0.1) is 35.5 Å². The van der Waals surface area contributed by atoms with Crippen molar-refractivity contribution >= 4 is 0 Å². The molecule has 2 aliphatic heterocycles. The first kappa shape index (κ1) is 31.3. The molecule has 6 fully saturated rings. The van der Waals surface area contributed by atoms with E-state index in [1.165, 1.54) is 142 Å². The van der Waals surface area contributed by atoms with Gasteiger partial charge in [-0.3, -0.25) is 0 Å². The fraction of sp³-hybridized carbons (Fsp3) is 1.00. The van der Waals surface area contributed by atoms with Gasteiger partial charge in [-0.2, -0.15) is 0 Å². The number of hydrogen-bond acceptors (Lipinski definition) is 2. The Balaban J connectivity index is 0.000000161. The van der Waals surface area contributed by atoms with E-state index in [0.29, 0.717) is 0 Å². The van der Waals surface area contributed by atoms with Crippen LogP contribution in [0.3, 0.4) is 0 Å². The summed E-state index contributed by atoms with van der Waals surface area (Å²) in [5, 5.41) is 7.66. The van der Waals surface area contributed by atoms with Crippen LogP contribution in [0.25, 0.3) is 0 Å². The second kappa shape index (κ2) is 17.9. The van der Waals surface area contributed by atoms with Crippen molar-refractivity contribution in [1.82, 2.24) is 10.6 Å². The number of hydrogen-bond donors (Lipinski definition) is 2. The summed E-state index contributed by atoms with van der Waals surface area (Å²) >= 11 is 0. The van der Waals surface area contributed by atoms with Crippen LogP contribution in [-0.2, 0) is 0 Å². The average Bonchev–Trinajstić information content (AvgIpc) is 3.05. The van der Waals surface area contributed by atoms with E-state index < -0.39 is 0 Å². The van der Waals surface area contributed by atoms with E-state index in [2.05, 4.69) is 10.6 Å². The molecule has 40 heavy (non-hydrogen) atoms. The molecule has 0 bridgehead atoms. The monoisotopic (exact) mass is 555 g/mol. The van der Waals surface area contributed by atoms with E-state index in [9.17, 15) is 0 Å². The Labute approximate surface area is 250 Å². The van der Waals surface area contributed by atoms with Crippen molar-refractivity contribution in [2.24, 2.45) is 35.5 Å². The van der Waals surface area contributed by atoms with Crippen LogP contribution in [0.4, 0.5) is 0 Å². The maximum Gasteiger partial charge on any atom is 0.00699 e. The molecule has 2 heterocycles. The summed E-state index contributed by atoms with van der Waals surface area (Å²) in [5.41, 5.74) is 0. The number of rotatable bonds is 8. The first-order chi connectivity index (χ1) is 19.9. The zero-order chi connectivity index (χ0) is 27.2. The molecule has 0 radical (unpaired) electrons. The molecule has 2 unspecified atom stereocenters. The van der Waals surface area contributed by atoms with Gasteiger partial charge in [0, 0.05) is 12.1 Å². The Hall–Kier alpha value is -0.0800. The molecule has 0 aromatic carbocycles. The topological polar surface area (TPSA) is 24.1 Å². The Bertz CT molecular complexity index is 534. The zero-order valence-corrected chi connectivity index (χ0v) is 26.8. The van der Waals surface area contributed by atoms with E-state index in [1.807, 2.05) is 0 Å². The highest BCUT2D eigenvalue weighted by Gasteiger charge is 2.34. The molecule has 0 amide bonds. The molecule has 2 heteroatoms. The van der Waals surface area contributed by atoms with E-state index in [0.717, 1.165) is 47.6 Å². The fourth-order valence-electron chi connectivity index (χ4n) is 10.7.